The van der Waals surface area contributed by atoms with Crippen molar-refractivity contribution < 1.29 is 26.7 Å². The number of ketones is 1. The van der Waals surface area contributed by atoms with Gasteiger partial charge in [0.15, 0.2) is 5.78 Å². The lowest BCUT2D eigenvalue weighted by Gasteiger charge is -2.10. The Kier molecular flexibility index (Phi) is 3.67. The second-order valence-corrected chi connectivity index (χ2v) is 4.22. The molecule has 2 nitrogen and oxygen atoms in total. The van der Waals surface area contributed by atoms with Crippen molar-refractivity contribution in [2.24, 2.45) is 0 Å². The zero-order valence-corrected chi connectivity index (χ0v) is 10.3. The molecule has 0 aliphatic carbocycles. The Morgan fingerprint density at radius 2 is 1.67 bits per heavy atom. The summed E-state index contributed by atoms with van der Waals surface area (Å²) < 4.78 is 64.2. The molecule has 0 radical (unpaired) electrons. The molecule has 0 saturated heterocycles. The highest BCUT2D eigenvalue weighted by Crippen LogP contribution is 2.32. The van der Waals surface area contributed by atoms with E-state index in [-0.39, 0.29) is 5.56 Å². The molecule has 0 spiro atoms. The first-order chi connectivity index (χ1) is 9.71. The summed E-state index contributed by atoms with van der Waals surface area (Å²) in [5.41, 5.74) is 2.63. The quantitative estimate of drug-likeness (QED) is 0.521. The first-order valence-corrected chi connectivity index (χ1v) is 5.67. The fourth-order valence-electron chi connectivity index (χ4n) is 1.77. The van der Waals surface area contributed by atoms with Crippen LogP contribution in [0.5, 0.6) is 0 Å². The van der Waals surface area contributed by atoms with Gasteiger partial charge in [-0.2, -0.15) is 13.2 Å². The lowest BCUT2D eigenvalue weighted by molar-refractivity contribution is -0.140. The molecule has 110 valence electrons. The van der Waals surface area contributed by atoms with Gasteiger partial charge < -0.3 is 5.73 Å². The molecule has 0 fully saturated rings. The van der Waals surface area contributed by atoms with Gasteiger partial charge in [0, 0.05) is 11.1 Å². The molecule has 2 rings (SSSR count). The molecule has 21 heavy (non-hydrogen) atoms. The van der Waals surface area contributed by atoms with E-state index >= 15 is 0 Å². The van der Waals surface area contributed by atoms with E-state index in [2.05, 4.69) is 0 Å². The topological polar surface area (TPSA) is 43.1 Å². The largest absolute Gasteiger partial charge is 0.419 e. The summed E-state index contributed by atoms with van der Waals surface area (Å²) in [6.45, 7) is 0. The molecule has 0 atom stereocenters. The third-order valence-electron chi connectivity index (χ3n) is 2.83. The van der Waals surface area contributed by atoms with Crippen molar-refractivity contribution >= 4 is 11.5 Å². The highest BCUT2D eigenvalue weighted by molar-refractivity contribution is 6.12. The number of nitrogen functional groups attached to an aromatic ring is 1. The summed E-state index contributed by atoms with van der Waals surface area (Å²) in [6, 6.07) is 5.19. The zero-order valence-electron chi connectivity index (χ0n) is 10.3. The normalized spacial score (nSPS) is 11.5. The van der Waals surface area contributed by atoms with Crippen LogP contribution in [0.4, 0.5) is 27.6 Å². The summed E-state index contributed by atoms with van der Waals surface area (Å²) >= 11 is 0. The average Bonchev–Trinajstić information content (AvgIpc) is 2.40. The SMILES string of the molecule is Nc1c(F)cccc1C(=O)c1ccc(F)c(C(F)(F)F)c1. The van der Waals surface area contributed by atoms with Gasteiger partial charge in [-0.15, -0.1) is 0 Å². The van der Waals surface area contributed by atoms with E-state index in [1.807, 2.05) is 0 Å². The maximum Gasteiger partial charge on any atom is 0.419 e. The van der Waals surface area contributed by atoms with Crippen LogP contribution in [-0.2, 0) is 6.18 Å². The van der Waals surface area contributed by atoms with Crippen LogP contribution in [0.2, 0.25) is 0 Å². The molecule has 0 aliphatic rings. The molecule has 2 N–H and O–H groups in total. The number of hydrogen-bond acceptors (Lipinski definition) is 2. The second-order valence-electron chi connectivity index (χ2n) is 4.22. The smallest absolute Gasteiger partial charge is 0.396 e. The van der Waals surface area contributed by atoms with Crippen LogP contribution in [0.25, 0.3) is 0 Å². The van der Waals surface area contributed by atoms with E-state index in [1.54, 1.807) is 0 Å². The molecule has 2 aromatic carbocycles. The summed E-state index contributed by atoms with van der Waals surface area (Å²) in [5.74, 6) is -3.28. The third kappa shape index (κ3) is 2.86. The van der Waals surface area contributed by atoms with E-state index < -0.39 is 40.4 Å². The predicted molar refractivity (Wildman–Crippen MR) is 65.6 cm³/mol. The Balaban J connectivity index is 2.52. The van der Waals surface area contributed by atoms with Crippen LogP contribution < -0.4 is 5.73 Å². The second kappa shape index (κ2) is 5.16. The van der Waals surface area contributed by atoms with E-state index in [9.17, 15) is 26.7 Å². The Bertz CT molecular complexity index is 709. The fraction of sp³-hybridized carbons (Fsp3) is 0.0714. The van der Waals surface area contributed by atoms with Gasteiger partial charge in [0.2, 0.25) is 0 Å². The molecule has 0 amide bonds. The molecule has 0 heterocycles. The van der Waals surface area contributed by atoms with Gasteiger partial charge >= 0.3 is 6.18 Å². The molecular weight excluding hydrogens is 293 g/mol. The van der Waals surface area contributed by atoms with E-state index in [0.717, 1.165) is 12.1 Å². The Labute approximate surface area is 116 Å². The zero-order chi connectivity index (χ0) is 15.8. The van der Waals surface area contributed by atoms with Gasteiger partial charge in [-0.3, -0.25) is 4.79 Å². The Morgan fingerprint density at radius 1 is 1.00 bits per heavy atom. The molecular formula is C14H8F5NO. The van der Waals surface area contributed by atoms with Crippen molar-refractivity contribution in [2.45, 2.75) is 6.18 Å². The maximum absolute atomic E-state index is 13.3. The van der Waals surface area contributed by atoms with Crippen LogP contribution in [0.3, 0.4) is 0 Å². The number of benzene rings is 2. The lowest BCUT2D eigenvalue weighted by atomic mass is 9.99. The lowest BCUT2D eigenvalue weighted by Crippen LogP contribution is -2.12. The van der Waals surface area contributed by atoms with Gasteiger partial charge in [0.05, 0.1) is 11.3 Å². The number of para-hydroxylation sites is 1. The number of carbonyl (C=O) groups excluding carboxylic acids is 1. The fourth-order valence-corrected chi connectivity index (χ4v) is 1.77. The number of alkyl halides is 3. The van der Waals surface area contributed by atoms with Gasteiger partial charge in [0.1, 0.15) is 11.6 Å². The standard InChI is InChI=1S/C14H8F5NO/c15-10-5-4-7(6-9(10)14(17,18)19)13(21)8-2-1-3-11(16)12(8)20/h1-6H,20H2. The highest BCUT2D eigenvalue weighted by Gasteiger charge is 2.34. The van der Waals surface area contributed by atoms with Crippen molar-refractivity contribution in [1.82, 2.24) is 0 Å². The Hall–Kier alpha value is -2.44. The number of halogens is 5. The molecule has 0 unspecified atom stereocenters. The van der Waals surface area contributed by atoms with Crippen molar-refractivity contribution in [3.63, 3.8) is 0 Å². The molecule has 2 aromatic rings. The molecule has 0 saturated carbocycles. The van der Waals surface area contributed by atoms with Gasteiger partial charge in [-0.25, -0.2) is 8.78 Å². The summed E-state index contributed by atoms with van der Waals surface area (Å²) in [6.07, 6.45) is -4.94. The molecule has 0 aliphatic heterocycles. The van der Waals surface area contributed by atoms with E-state index in [0.29, 0.717) is 12.1 Å². The summed E-state index contributed by atoms with van der Waals surface area (Å²) in [5, 5.41) is 0. The van der Waals surface area contributed by atoms with Crippen molar-refractivity contribution in [1.29, 1.82) is 0 Å². The van der Waals surface area contributed by atoms with Crippen LogP contribution in [0.1, 0.15) is 21.5 Å². The van der Waals surface area contributed by atoms with E-state index in [1.165, 1.54) is 12.1 Å². The first-order valence-electron chi connectivity index (χ1n) is 5.67. The van der Waals surface area contributed by atoms with Gasteiger partial charge in [-0.05, 0) is 30.3 Å². The maximum atomic E-state index is 13.3. The van der Waals surface area contributed by atoms with Crippen LogP contribution in [0, 0.1) is 11.6 Å². The number of nitrogens with two attached hydrogens (primary N) is 1. The van der Waals surface area contributed by atoms with Crippen molar-refractivity contribution in [3.8, 4) is 0 Å². The highest BCUT2D eigenvalue weighted by atomic mass is 19.4. The van der Waals surface area contributed by atoms with Gasteiger partial charge in [0.25, 0.3) is 0 Å². The van der Waals surface area contributed by atoms with Crippen LogP contribution >= 0.6 is 0 Å². The minimum absolute atomic E-state index is 0.283. The van der Waals surface area contributed by atoms with Crippen LogP contribution in [0.15, 0.2) is 36.4 Å². The number of carbonyl (C=O) groups is 1. The van der Waals surface area contributed by atoms with Gasteiger partial charge in [-0.1, -0.05) is 6.07 Å². The van der Waals surface area contributed by atoms with Crippen molar-refractivity contribution in [3.05, 3.63) is 64.7 Å². The predicted octanol–water partition coefficient (Wildman–Crippen LogP) is 3.80. The number of rotatable bonds is 2. The van der Waals surface area contributed by atoms with Crippen LogP contribution in [-0.4, -0.2) is 5.78 Å². The summed E-state index contributed by atoms with van der Waals surface area (Å²) in [7, 11) is 0. The van der Waals surface area contributed by atoms with Crippen molar-refractivity contribution in [2.75, 3.05) is 5.73 Å². The Morgan fingerprint density at radius 3 is 2.29 bits per heavy atom. The molecule has 7 heteroatoms. The minimum Gasteiger partial charge on any atom is -0.396 e. The minimum atomic E-state index is -4.94. The third-order valence-corrected chi connectivity index (χ3v) is 2.83. The average molecular weight is 301 g/mol. The monoisotopic (exact) mass is 301 g/mol. The number of anilines is 1. The molecule has 0 bridgehead atoms. The number of hydrogen-bond donors (Lipinski definition) is 1. The molecule has 0 aromatic heterocycles. The first kappa shape index (κ1) is 15.0. The van der Waals surface area contributed by atoms with E-state index in [4.69, 9.17) is 5.73 Å². The summed E-state index contributed by atoms with van der Waals surface area (Å²) in [4.78, 5) is 12.1.